The monoisotopic (exact) mass is 460 g/mol. The van der Waals surface area contributed by atoms with Crippen LogP contribution in [0.1, 0.15) is 21.5 Å². The molecule has 8 nitrogen and oxygen atoms in total. The van der Waals surface area contributed by atoms with E-state index in [1.54, 1.807) is 47.4 Å². The number of aliphatic imine (C=N–C) groups is 1. The van der Waals surface area contributed by atoms with E-state index in [4.69, 9.17) is 0 Å². The SMILES string of the molecule is O=C(CN=C1NS(=O)(=O)c2ccccc21)Nc1ccc(C(=O)N2CCc3ccccc32)cc1. The van der Waals surface area contributed by atoms with Gasteiger partial charge in [0, 0.05) is 29.0 Å². The first-order valence-electron chi connectivity index (χ1n) is 10.4. The van der Waals surface area contributed by atoms with Gasteiger partial charge in [-0.1, -0.05) is 30.3 Å². The van der Waals surface area contributed by atoms with E-state index >= 15 is 0 Å². The number of carbonyl (C=O) groups is 2. The lowest BCUT2D eigenvalue weighted by Crippen LogP contribution is -2.28. The van der Waals surface area contributed by atoms with E-state index in [2.05, 4.69) is 15.0 Å². The van der Waals surface area contributed by atoms with Gasteiger partial charge in [-0.2, -0.15) is 0 Å². The molecule has 0 bridgehead atoms. The zero-order valence-corrected chi connectivity index (χ0v) is 18.3. The number of amidine groups is 1. The Hall–Kier alpha value is -3.98. The van der Waals surface area contributed by atoms with E-state index in [-0.39, 0.29) is 23.2 Å². The number of sulfonamides is 1. The molecule has 0 spiro atoms. The molecule has 9 heteroatoms. The van der Waals surface area contributed by atoms with Crippen LogP contribution >= 0.6 is 0 Å². The number of para-hydroxylation sites is 1. The highest BCUT2D eigenvalue weighted by Crippen LogP contribution is 2.29. The standard InChI is InChI=1S/C24H20N4O4S/c29-22(15-25-23-19-6-2-4-8-21(19)33(31,32)27-23)26-18-11-9-17(10-12-18)24(30)28-14-13-16-5-1-3-7-20(16)28/h1-12H,13-15H2,(H,25,27)(H,26,29). The van der Waals surface area contributed by atoms with Crippen molar-refractivity contribution >= 4 is 39.0 Å². The summed E-state index contributed by atoms with van der Waals surface area (Å²) in [7, 11) is -3.65. The number of nitrogens with zero attached hydrogens (tertiary/aromatic N) is 2. The Kier molecular flexibility index (Phi) is 5.18. The van der Waals surface area contributed by atoms with Gasteiger partial charge in [-0.15, -0.1) is 0 Å². The summed E-state index contributed by atoms with van der Waals surface area (Å²) >= 11 is 0. The second kappa shape index (κ2) is 8.18. The number of hydrogen-bond acceptors (Lipinski definition) is 5. The first kappa shape index (κ1) is 20.9. The molecule has 3 aromatic carbocycles. The maximum Gasteiger partial charge on any atom is 0.263 e. The Morgan fingerprint density at radius 2 is 1.70 bits per heavy atom. The van der Waals surface area contributed by atoms with Gasteiger partial charge in [0.05, 0.1) is 4.90 Å². The number of carbonyl (C=O) groups excluding carboxylic acids is 2. The summed E-state index contributed by atoms with van der Waals surface area (Å²) < 4.78 is 26.6. The van der Waals surface area contributed by atoms with Crippen molar-refractivity contribution < 1.29 is 18.0 Å². The number of fused-ring (bicyclic) bond motifs is 2. The van der Waals surface area contributed by atoms with Crippen LogP contribution in [0.15, 0.2) is 82.7 Å². The number of nitrogens with one attached hydrogen (secondary N) is 2. The molecule has 0 aliphatic carbocycles. The molecule has 0 atom stereocenters. The fourth-order valence-corrected chi connectivity index (χ4v) is 5.25. The summed E-state index contributed by atoms with van der Waals surface area (Å²) in [6, 6.07) is 21.0. The van der Waals surface area contributed by atoms with Crippen LogP contribution in [0, 0.1) is 0 Å². The summed E-state index contributed by atoms with van der Waals surface area (Å²) in [5.74, 6) is -0.345. The zero-order valence-electron chi connectivity index (χ0n) is 17.5. The first-order chi connectivity index (χ1) is 15.9. The van der Waals surface area contributed by atoms with Crippen LogP contribution < -0.4 is 14.9 Å². The molecule has 166 valence electrons. The van der Waals surface area contributed by atoms with Gasteiger partial charge in [-0.05, 0) is 54.4 Å². The van der Waals surface area contributed by atoms with Crippen LogP contribution in [0.2, 0.25) is 0 Å². The summed E-state index contributed by atoms with van der Waals surface area (Å²) in [5.41, 5.74) is 3.58. The molecule has 2 N–H and O–H groups in total. The van der Waals surface area contributed by atoms with Crippen LogP contribution in [-0.4, -0.2) is 39.2 Å². The molecule has 0 saturated carbocycles. The smallest absolute Gasteiger partial charge is 0.263 e. The van der Waals surface area contributed by atoms with E-state index in [1.807, 2.05) is 24.3 Å². The van der Waals surface area contributed by atoms with Crippen molar-refractivity contribution in [3.8, 4) is 0 Å². The lowest BCUT2D eigenvalue weighted by molar-refractivity contribution is -0.114. The second-order valence-corrected chi connectivity index (χ2v) is 9.38. The average Bonchev–Trinajstić information content (AvgIpc) is 3.36. The minimum absolute atomic E-state index is 0.0867. The van der Waals surface area contributed by atoms with Crippen molar-refractivity contribution in [3.05, 3.63) is 89.5 Å². The number of amides is 2. The predicted molar refractivity (Wildman–Crippen MR) is 125 cm³/mol. The summed E-state index contributed by atoms with van der Waals surface area (Å²) in [6.45, 7) is 0.390. The Morgan fingerprint density at radius 3 is 2.52 bits per heavy atom. The Labute approximate surface area is 191 Å². The van der Waals surface area contributed by atoms with Crippen LogP contribution in [0.25, 0.3) is 0 Å². The zero-order chi connectivity index (χ0) is 23.0. The van der Waals surface area contributed by atoms with Crippen molar-refractivity contribution in [2.45, 2.75) is 11.3 Å². The molecular formula is C24H20N4O4S. The number of rotatable bonds is 4. The molecule has 0 unspecified atom stereocenters. The number of anilines is 2. The van der Waals surface area contributed by atoms with Crippen molar-refractivity contribution in [3.63, 3.8) is 0 Å². The predicted octanol–water partition coefficient (Wildman–Crippen LogP) is 2.57. The molecule has 0 aromatic heterocycles. The maximum absolute atomic E-state index is 12.9. The summed E-state index contributed by atoms with van der Waals surface area (Å²) in [4.78, 5) is 31.3. The van der Waals surface area contributed by atoms with E-state index < -0.39 is 15.9 Å². The third-order valence-electron chi connectivity index (χ3n) is 5.59. The molecule has 0 radical (unpaired) electrons. The third kappa shape index (κ3) is 3.98. The highest BCUT2D eigenvalue weighted by Gasteiger charge is 2.30. The van der Waals surface area contributed by atoms with Gasteiger partial charge in [0.25, 0.3) is 15.9 Å². The molecule has 2 amide bonds. The highest BCUT2D eigenvalue weighted by molar-refractivity contribution is 7.90. The molecular weight excluding hydrogens is 440 g/mol. The number of benzene rings is 3. The number of hydrogen-bond donors (Lipinski definition) is 2. The fourth-order valence-electron chi connectivity index (χ4n) is 4.00. The molecule has 2 aliphatic heterocycles. The van der Waals surface area contributed by atoms with Crippen molar-refractivity contribution in [1.29, 1.82) is 0 Å². The van der Waals surface area contributed by atoms with Crippen molar-refractivity contribution in [1.82, 2.24) is 4.72 Å². The molecule has 2 aliphatic rings. The Morgan fingerprint density at radius 1 is 0.970 bits per heavy atom. The van der Waals surface area contributed by atoms with E-state index in [9.17, 15) is 18.0 Å². The Bertz CT molecular complexity index is 1400. The highest BCUT2D eigenvalue weighted by atomic mass is 32.2. The van der Waals surface area contributed by atoms with Gasteiger partial charge in [-0.3, -0.25) is 19.3 Å². The normalized spacial score (nSPS) is 16.7. The fraction of sp³-hybridized carbons (Fsp3) is 0.125. The van der Waals surface area contributed by atoms with Crippen molar-refractivity contribution in [2.75, 3.05) is 23.3 Å². The minimum Gasteiger partial charge on any atom is -0.324 e. The molecule has 5 rings (SSSR count). The molecule has 2 heterocycles. The van der Waals surface area contributed by atoms with E-state index in [0.717, 1.165) is 17.7 Å². The lowest BCUT2D eigenvalue weighted by atomic mass is 10.1. The van der Waals surface area contributed by atoms with Gasteiger partial charge in [0.15, 0.2) is 0 Å². The Balaban J connectivity index is 1.24. The lowest BCUT2D eigenvalue weighted by Gasteiger charge is -2.17. The van der Waals surface area contributed by atoms with Crippen molar-refractivity contribution in [2.24, 2.45) is 4.99 Å². The van der Waals surface area contributed by atoms with Crippen LogP contribution in [0.4, 0.5) is 11.4 Å². The van der Waals surface area contributed by atoms with Gasteiger partial charge in [0.2, 0.25) is 5.91 Å². The van der Waals surface area contributed by atoms with E-state index in [0.29, 0.717) is 23.4 Å². The van der Waals surface area contributed by atoms with Crippen LogP contribution in [-0.2, 0) is 21.2 Å². The maximum atomic E-state index is 12.9. The largest absolute Gasteiger partial charge is 0.324 e. The summed E-state index contributed by atoms with van der Waals surface area (Å²) in [6.07, 6.45) is 0.833. The van der Waals surface area contributed by atoms with E-state index in [1.165, 1.54) is 6.07 Å². The molecule has 33 heavy (non-hydrogen) atoms. The molecule has 0 fully saturated rings. The quantitative estimate of drug-likeness (QED) is 0.624. The summed E-state index contributed by atoms with van der Waals surface area (Å²) in [5, 5.41) is 2.71. The minimum atomic E-state index is -3.65. The second-order valence-electron chi connectivity index (χ2n) is 7.73. The topological polar surface area (TPSA) is 108 Å². The van der Waals surface area contributed by atoms with Gasteiger partial charge in [0.1, 0.15) is 12.4 Å². The molecule has 3 aromatic rings. The van der Waals surface area contributed by atoms with Gasteiger partial charge in [-0.25, -0.2) is 8.42 Å². The van der Waals surface area contributed by atoms with Gasteiger partial charge < -0.3 is 10.2 Å². The molecule has 0 saturated heterocycles. The van der Waals surface area contributed by atoms with Crippen LogP contribution in [0.3, 0.4) is 0 Å². The first-order valence-corrected chi connectivity index (χ1v) is 11.9. The van der Waals surface area contributed by atoms with Gasteiger partial charge >= 0.3 is 0 Å². The average molecular weight is 461 g/mol. The third-order valence-corrected chi connectivity index (χ3v) is 6.99. The van der Waals surface area contributed by atoms with Crippen LogP contribution in [0.5, 0.6) is 0 Å².